The summed E-state index contributed by atoms with van der Waals surface area (Å²) >= 11 is 0. The minimum Gasteiger partial charge on any atom is -0.338 e. The molecule has 3 nitrogen and oxygen atoms in total. The van der Waals surface area contributed by atoms with Crippen molar-refractivity contribution in [2.24, 2.45) is 11.3 Å². The van der Waals surface area contributed by atoms with Gasteiger partial charge in [-0.2, -0.15) is 0 Å². The molecule has 0 saturated carbocycles. The lowest BCUT2D eigenvalue weighted by molar-refractivity contribution is -0.143. The van der Waals surface area contributed by atoms with Crippen molar-refractivity contribution in [2.45, 2.75) is 33.1 Å². The summed E-state index contributed by atoms with van der Waals surface area (Å²) in [5, 5.41) is 3.41. The normalized spacial score (nSPS) is 26.0. The van der Waals surface area contributed by atoms with Gasteiger partial charge in [0.15, 0.2) is 0 Å². The molecule has 96 valence electrons. The van der Waals surface area contributed by atoms with E-state index in [0.717, 1.165) is 32.6 Å². The fraction of sp³-hybridized carbons (Fsp3) is 0.786. The van der Waals surface area contributed by atoms with E-state index in [1.807, 2.05) is 4.90 Å². The molecule has 2 heterocycles. The van der Waals surface area contributed by atoms with E-state index in [0.29, 0.717) is 11.8 Å². The smallest absolute Gasteiger partial charge is 0.228 e. The van der Waals surface area contributed by atoms with E-state index in [2.05, 4.69) is 31.3 Å². The number of carbonyl (C=O) groups excluding carboxylic acids is 1. The van der Waals surface area contributed by atoms with Crippen LogP contribution in [0.2, 0.25) is 0 Å². The molecule has 2 aliphatic heterocycles. The molecule has 1 saturated heterocycles. The highest BCUT2D eigenvalue weighted by atomic mass is 16.2. The van der Waals surface area contributed by atoms with Gasteiger partial charge in [-0.05, 0) is 38.3 Å². The van der Waals surface area contributed by atoms with Crippen molar-refractivity contribution in [2.75, 3.05) is 26.2 Å². The molecule has 2 rings (SSSR count). The van der Waals surface area contributed by atoms with Crippen LogP contribution in [0, 0.1) is 11.3 Å². The van der Waals surface area contributed by atoms with Gasteiger partial charge in [0.25, 0.3) is 0 Å². The molecular formula is C14H24N2O. The van der Waals surface area contributed by atoms with Crippen LogP contribution in [0.15, 0.2) is 12.2 Å². The van der Waals surface area contributed by atoms with Gasteiger partial charge in [-0.3, -0.25) is 4.79 Å². The monoisotopic (exact) mass is 236 g/mol. The summed E-state index contributed by atoms with van der Waals surface area (Å²) in [4.78, 5) is 14.6. The van der Waals surface area contributed by atoms with Crippen LogP contribution in [0.1, 0.15) is 33.1 Å². The Bertz CT molecular complexity index is 303. The zero-order chi connectivity index (χ0) is 12.3. The predicted octanol–water partition coefficient (Wildman–Crippen LogP) is 1.80. The van der Waals surface area contributed by atoms with Crippen LogP contribution in [0.4, 0.5) is 0 Å². The van der Waals surface area contributed by atoms with Crippen LogP contribution < -0.4 is 5.32 Å². The third kappa shape index (κ3) is 2.71. The third-order valence-electron chi connectivity index (χ3n) is 4.21. The largest absolute Gasteiger partial charge is 0.338 e. The number of piperidine rings is 1. The van der Waals surface area contributed by atoms with Gasteiger partial charge in [0.05, 0.1) is 0 Å². The summed E-state index contributed by atoms with van der Waals surface area (Å²) in [5.41, 5.74) is -0.224. The first-order valence-electron chi connectivity index (χ1n) is 6.77. The van der Waals surface area contributed by atoms with Gasteiger partial charge in [0, 0.05) is 18.5 Å². The molecule has 1 unspecified atom stereocenters. The van der Waals surface area contributed by atoms with E-state index in [9.17, 15) is 4.79 Å². The van der Waals surface area contributed by atoms with E-state index in [-0.39, 0.29) is 5.41 Å². The highest BCUT2D eigenvalue weighted by Gasteiger charge is 2.39. The maximum absolute atomic E-state index is 12.6. The van der Waals surface area contributed by atoms with Gasteiger partial charge < -0.3 is 10.2 Å². The maximum atomic E-state index is 12.6. The molecule has 3 heteroatoms. The van der Waals surface area contributed by atoms with Gasteiger partial charge >= 0.3 is 0 Å². The molecule has 2 aliphatic rings. The second-order valence-electron chi connectivity index (χ2n) is 5.78. The number of hydrogen-bond donors (Lipinski definition) is 1. The number of nitrogens with zero attached hydrogens (tertiary/aromatic N) is 1. The van der Waals surface area contributed by atoms with Crippen molar-refractivity contribution < 1.29 is 4.79 Å². The van der Waals surface area contributed by atoms with E-state index in [1.54, 1.807) is 0 Å². The highest BCUT2D eigenvalue weighted by molar-refractivity contribution is 5.82. The predicted molar refractivity (Wildman–Crippen MR) is 69.7 cm³/mol. The average Bonchev–Trinajstić information content (AvgIpc) is 2.40. The Labute approximate surface area is 104 Å². The third-order valence-corrected chi connectivity index (χ3v) is 4.21. The van der Waals surface area contributed by atoms with Crippen LogP contribution in [0.5, 0.6) is 0 Å². The zero-order valence-electron chi connectivity index (χ0n) is 11.0. The molecular weight excluding hydrogens is 212 g/mol. The van der Waals surface area contributed by atoms with Gasteiger partial charge in [-0.25, -0.2) is 0 Å². The minimum absolute atomic E-state index is 0.224. The Hall–Kier alpha value is -0.830. The Morgan fingerprint density at radius 1 is 1.41 bits per heavy atom. The van der Waals surface area contributed by atoms with Crippen molar-refractivity contribution >= 4 is 5.91 Å². The lowest BCUT2D eigenvalue weighted by atomic mass is 9.74. The van der Waals surface area contributed by atoms with E-state index in [4.69, 9.17) is 0 Å². The maximum Gasteiger partial charge on any atom is 0.228 e. The molecule has 0 spiro atoms. The van der Waals surface area contributed by atoms with Crippen molar-refractivity contribution in [3.63, 3.8) is 0 Å². The van der Waals surface area contributed by atoms with Crippen LogP contribution in [0.3, 0.4) is 0 Å². The first kappa shape index (κ1) is 12.6. The molecule has 0 aromatic rings. The molecule has 0 aliphatic carbocycles. The Kier molecular flexibility index (Phi) is 3.87. The van der Waals surface area contributed by atoms with Crippen LogP contribution in [0.25, 0.3) is 0 Å². The fourth-order valence-corrected chi connectivity index (χ4v) is 2.88. The quantitative estimate of drug-likeness (QED) is 0.742. The van der Waals surface area contributed by atoms with Crippen LogP contribution in [-0.4, -0.2) is 37.0 Å². The molecule has 1 N–H and O–H groups in total. The Morgan fingerprint density at radius 2 is 2.24 bits per heavy atom. The summed E-state index contributed by atoms with van der Waals surface area (Å²) < 4.78 is 0. The number of hydrogen-bond acceptors (Lipinski definition) is 2. The Morgan fingerprint density at radius 3 is 2.82 bits per heavy atom. The molecule has 0 aromatic heterocycles. The van der Waals surface area contributed by atoms with Gasteiger partial charge in [0.1, 0.15) is 0 Å². The van der Waals surface area contributed by atoms with Gasteiger partial charge in [0.2, 0.25) is 5.91 Å². The second kappa shape index (κ2) is 5.21. The minimum atomic E-state index is -0.224. The topological polar surface area (TPSA) is 32.3 Å². The van der Waals surface area contributed by atoms with E-state index >= 15 is 0 Å². The standard InChI is InChI=1S/C14H24N2O/c1-14(2,12-7-6-8-15-11-12)13(17)16-9-4-3-5-10-16/h3-4,12,15H,5-11H2,1-2H3. The van der Waals surface area contributed by atoms with Crippen LogP contribution >= 0.6 is 0 Å². The van der Waals surface area contributed by atoms with Crippen molar-refractivity contribution in [1.82, 2.24) is 10.2 Å². The summed E-state index contributed by atoms with van der Waals surface area (Å²) in [7, 11) is 0. The fourth-order valence-electron chi connectivity index (χ4n) is 2.88. The number of rotatable bonds is 2. The summed E-state index contributed by atoms with van der Waals surface area (Å²) in [6.07, 6.45) is 7.65. The zero-order valence-corrected chi connectivity index (χ0v) is 11.0. The van der Waals surface area contributed by atoms with E-state index < -0.39 is 0 Å². The van der Waals surface area contributed by atoms with Gasteiger partial charge in [-0.15, -0.1) is 0 Å². The Balaban J connectivity index is 2.02. The van der Waals surface area contributed by atoms with Crippen LogP contribution in [-0.2, 0) is 4.79 Å². The molecule has 0 radical (unpaired) electrons. The first-order chi connectivity index (χ1) is 8.12. The number of carbonyl (C=O) groups is 1. The number of amides is 1. The summed E-state index contributed by atoms with van der Waals surface area (Å²) in [5.74, 6) is 0.810. The highest BCUT2D eigenvalue weighted by Crippen LogP contribution is 2.34. The molecule has 1 fully saturated rings. The molecule has 0 bridgehead atoms. The second-order valence-corrected chi connectivity index (χ2v) is 5.78. The SMILES string of the molecule is CC(C)(C(=O)N1CC=CCC1)C1CCCNC1. The molecule has 17 heavy (non-hydrogen) atoms. The summed E-state index contributed by atoms with van der Waals surface area (Å²) in [6.45, 7) is 8.01. The first-order valence-corrected chi connectivity index (χ1v) is 6.77. The molecule has 1 amide bonds. The van der Waals surface area contributed by atoms with Crippen molar-refractivity contribution in [1.29, 1.82) is 0 Å². The van der Waals surface area contributed by atoms with E-state index in [1.165, 1.54) is 12.8 Å². The van der Waals surface area contributed by atoms with Crippen molar-refractivity contribution in [3.05, 3.63) is 12.2 Å². The van der Waals surface area contributed by atoms with Crippen molar-refractivity contribution in [3.8, 4) is 0 Å². The van der Waals surface area contributed by atoms with Gasteiger partial charge in [-0.1, -0.05) is 26.0 Å². The summed E-state index contributed by atoms with van der Waals surface area (Å²) in [6, 6.07) is 0. The molecule has 0 aromatic carbocycles. The lowest BCUT2D eigenvalue weighted by Gasteiger charge is -2.40. The lowest BCUT2D eigenvalue weighted by Crippen LogP contribution is -2.49. The number of nitrogens with one attached hydrogen (secondary N) is 1. The molecule has 1 atom stereocenters. The average molecular weight is 236 g/mol.